The molecule has 0 heterocycles. The Morgan fingerprint density at radius 3 is 2.00 bits per heavy atom. The minimum absolute atomic E-state index is 0.783. The summed E-state index contributed by atoms with van der Waals surface area (Å²) in [6.07, 6.45) is 0.884. The zero-order chi connectivity index (χ0) is 11.6. The zero-order valence-corrected chi connectivity index (χ0v) is 9.66. The van der Waals surface area contributed by atoms with Gasteiger partial charge in [0, 0.05) is 12.7 Å². The van der Waals surface area contributed by atoms with Crippen LogP contribution < -0.4 is 0 Å². The number of aryl methyl sites for hydroxylation is 2. The molecule has 1 rings (SSSR count). The Morgan fingerprint density at radius 1 is 1.14 bits per heavy atom. The Labute approximate surface area is 86.6 Å². The molecular formula is C12H20O2. The van der Waals surface area contributed by atoms with Crippen LogP contribution in [0.15, 0.2) is 18.2 Å². The fraction of sp³-hybridized carbons (Fsp3) is 0.417. The van der Waals surface area contributed by atoms with Crippen molar-refractivity contribution in [1.82, 2.24) is 0 Å². The minimum atomic E-state index is 0.783. The molecule has 0 spiro atoms. The van der Waals surface area contributed by atoms with E-state index in [1.54, 1.807) is 0 Å². The molecule has 1 aromatic rings. The van der Waals surface area contributed by atoms with Crippen LogP contribution in [0.2, 0.25) is 0 Å². The first-order valence-electron chi connectivity index (χ1n) is 4.71. The molecule has 0 saturated heterocycles. The summed E-state index contributed by atoms with van der Waals surface area (Å²) in [5, 5.41) is 7.00. The van der Waals surface area contributed by atoms with E-state index in [2.05, 4.69) is 0 Å². The summed E-state index contributed by atoms with van der Waals surface area (Å²) in [5.74, 6) is 0. The normalized spacial score (nSPS) is 7.57. The molecule has 0 unspecified atom stereocenters. The SMILES string of the molecule is CC.CO.Cc1ccc(C=O)c(C)c1. The van der Waals surface area contributed by atoms with Gasteiger partial charge in [-0.1, -0.05) is 37.6 Å². The van der Waals surface area contributed by atoms with E-state index in [0.717, 1.165) is 24.5 Å². The van der Waals surface area contributed by atoms with Crippen molar-refractivity contribution in [2.45, 2.75) is 27.7 Å². The lowest BCUT2D eigenvalue weighted by Gasteiger charge is -1.97. The molecule has 14 heavy (non-hydrogen) atoms. The van der Waals surface area contributed by atoms with Gasteiger partial charge in [-0.3, -0.25) is 4.79 Å². The number of hydrogen-bond acceptors (Lipinski definition) is 2. The Kier molecular flexibility index (Phi) is 10.9. The molecule has 0 saturated carbocycles. The van der Waals surface area contributed by atoms with E-state index >= 15 is 0 Å². The van der Waals surface area contributed by atoms with Crippen molar-refractivity contribution >= 4 is 6.29 Å². The van der Waals surface area contributed by atoms with Crippen molar-refractivity contribution in [3.05, 3.63) is 34.9 Å². The molecule has 0 bridgehead atoms. The van der Waals surface area contributed by atoms with Crippen LogP contribution in [0.5, 0.6) is 0 Å². The molecule has 0 aliphatic heterocycles. The Balaban J connectivity index is 0. The van der Waals surface area contributed by atoms with Crippen molar-refractivity contribution in [3.63, 3.8) is 0 Å². The van der Waals surface area contributed by atoms with E-state index in [4.69, 9.17) is 5.11 Å². The number of carbonyl (C=O) groups excluding carboxylic acids is 1. The highest BCUT2D eigenvalue weighted by Gasteiger charge is 1.93. The third kappa shape index (κ3) is 5.49. The summed E-state index contributed by atoms with van der Waals surface area (Å²) >= 11 is 0. The quantitative estimate of drug-likeness (QED) is 0.701. The maximum Gasteiger partial charge on any atom is 0.150 e. The Bertz CT molecular complexity index is 254. The molecule has 0 radical (unpaired) electrons. The van der Waals surface area contributed by atoms with Gasteiger partial charge in [-0.05, 0) is 19.4 Å². The number of rotatable bonds is 1. The van der Waals surface area contributed by atoms with Gasteiger partial charge in [-0.2, -0.15) is 0 Å². The fourth-order valence-corrected chi connectivity index (χ4v) is 0.958. The van der Waals surface area contributed by atoms with Crippen LogP contribution in [0.4, 0.5) is 0 Å². The van der Waals surface area contributed by atoms with Gasteiger partial charge in [0.1, 0.15) is 6.29 Å². The second-order valence-electron chi connectivity index (χ2n) is 2.48. The third-order valence-electron chi connectivity index (χ3n) is 1.55. The third-order valence-corrected chi connectivity index (χ3v) is 1.55. The van der Waals surface area contributed by atoms with E-state index in [-0.39, 0.29) is 0 Å². The first-order chi connectivity index (χ1) is 6.74. The van der Waals surface area contributed by atoms with Crippen molar-refractivity contribution in [2.24, 2.45) is 0 Å². The van der Waals surface area contributed by atoms with E-state index in [9.17, 15) is 4.79 Å². The molecule has 0 aliphatic carbocycles. The molecule has 2 nitrogen and oxygen atoms in total. The maximum absolute atomic E-state index is 10.3. The summed E-state index contributed by atoms with van der Waals surface area (Å²) in [5.41, 5.74) is 3.03. The van der Waals surface area contributed by atoms with Gasteiger partial charge in [-0.15, -0.1) is 0 Å². The van der Waals surface area contributed by atoms with Crippen molar-refractivity contribution in [1.29, 1.82) is 0 Å². The maximum atomic E-state index is 10.3. The first-order valence-corrected chi connectivity index (χ1v) is 4.71. The highest BCUT2D eigenvalue weighted by Crippen LogP contribution is 2.07. The van der Waals surface area contributed by atoms with Crippen LogP contribution in [-0.2, 0) is 0 Å². The van der Waals surface area contributed by atoms with Gasteiger partial charge >= 0.3 is 0 Å². The van der Waals surface area contributed by atoms with Gasteiger partial charge in [-0.25, -0.2) is 0 Å². The Hall–Kier alpha value is -1.15. The van der Waals surface area contributed by atoms with Crippen LogP contribution in [0.25, 0.3) is 0 Å². The van der Waals surface area contributed by atoms with Gasteiger partial charge in [0.2, 0.25) is 0 Å². The summed E-state index contributed by atoms with van der Waals surface area (Å²) < 4.78 is 0. The summed E-state index contributed by atoms with van der Waals surface area (Å²) in [6.45, 7) is 7.96. The number of aldehydes is 1. The Morgan fingerprint density at radius 2 is 1.64 bits per heavy atom. The molecule has 2 heteroatoms. The molecule has 0 aromatic heterocycles. The van der Waals surface area contributed by atoms with Gasteiger partial charge in [0.15, 0.2) is 0 Å². The van der Waals surface area contributed by atoms with Crippen molar-refractivity contribution in [3.8, 4) is 0 Å². The predicted molar refractivity (Wildman–Crippen MR) is 60.8 cm³/mol. The predicted octanol–water partition coefficient (Wildman–Crippen LogP) is 2.75. The monoisotopic (exact) mass is 196 g/mol. The summed E-state index contributed by atoms with van der Waals surface area (Å²) in [6, 6.07) is 5.79. The largest absolute Gasteiger partial charge is 0.400 e. The summed E-state index contributed by atoms with van der Waals surface area (Å²) in [4.78, 5) is 10.3. The standard InChI is InChI=1S/C9H10O.C2H6.CH4O/c1-7-3-4-9(6-10)8(2)5-7;2*1-2/h3-6H,1-2H3;1-2H3;2H,1H3. The average Bonchev–Trinajstić information content (AvgIpc) is 2.24. The highest BCUT2D eigenvalue weighted by atomic mass is 16.2. The fourth-order valence-electron chi connectivity index (χ4n) is 0.958. The van der Waals surface area contributed by atoms with Crippen molar-refractivity contribution < 1.29 is 9.90 Å². The molecule has 1 aromatic carbocycles. The van der Waals surface area contributed by atoms with Crippen LogP contribution in [-0.4, -0.2) is 18.5 Å². The van der Waals surface area contributed by atoms with Gasteiger partial charge in [0.05, 0.1) is 0 Å². The van der Waals surface area contributed by atoms with Gasteiger partial charge in [0.25, 0.3) is 0 Å². The highest BCUT2D eigenvalue weighted by molar-refractivity contribution is 5.77. The number of aliphatic hydroxyl groups is 1. The second kappa shape index (κ2) is 9.93. The molecule has 80 valence electrons. The lowest BCUT2D eigenvalue weighted by molar-refractivity contribution is 0.112. The van der Waals surface area contributed by atoms with Gasteiger partial charge < -0.3 is 5.11 Å². The smallest absolute Gasteiger partial charge is 0.150 e. The second-order valence-corrected chi connectivity index (χ2v) is 2.48. The number of carbonyl (C=O) groups is 1. The van der Waals surface area contributed by atoms with E-state index in [1.807, 2.05) is 45.9 Å². The van der Waals surface area contributed by atoms with E-state index in [1.165, 1.54) is 5.56 Å². The molecule has 0 atom stereocenters. The molecular weight excluding hydrogens is 176 g/mol. The van der Waals surface area contributed by atoms with E-state index < -0.39 is 0 Å². The average molecular weight is 196 g/mol. The number of benzene rings is 1. The zero-order valence-electron chi connectivity index (χ0n) is 9.66. The van der Waals surface area contributed by atoms with Crippen molar-refractivity contribution in [2.75, 3.05) is 7.11 Å². The molecule has 1 N–H and O–H groups in total. The van der Waals surface area contributed by atoms with E-state index in [0.29, 0.717) is 0 Å². The van der Waals surface area contributed by atoms with Crippen LogP contribution in [0.3, 0.4) is 0 Å². The molecule has 0 amide bonds. The topological polar surface area (TPSA) is 37.3 Å². The number of hydrogen-bond donors (Lipinski definition) is 1. The van der Waals surface area contributed by atoms with Crippen LogP contribution in [0, 0.1) is 13.8 Å². The summed E-state index contributed by atoms with van der Waals surface area (Å²) in [7, 11) is 1.00. The number of aliphatic hydroxyl groups excluding tert-OH is 1. The molecule has 0 fully saturated rings. The van der Waals surface area contributed by atoms with Crippen LogP contribution >= 0.6 is 0 Å². The lowest BCUT2D eigenvalue weighted by Crippen LogP contribution is -1.85. The lowest BCUT2D eigenvalue weighted by atomic mass is 10.1. The van der Waals surface area contributed by atoms with Crippen LogP contribution in [0.1, 0.15) is 35.3 Å². The minimum Gasteiger partial charge on any atom is -0.400 e. The first kappa shape index (κ1) is 15.3. The molecule has 0 aliphatic rings.